The van der Waals surface area contributed by atoms with Crippen molar-refractivity contribution in [2.45, 2.75) is 0 Å². The first-order chi connectivity index (χ1) is 10.6. The van der Waals surface area contributed by atoms with Crippen LogP contribution in [0.2, 0.25) is 0 Å². The average Bonchev–Trinajstić information content (AvgIpc) is 2.53. The highest BCUT2D eigenvalue weighted by Crippen LogP contribution is 2.10. The van der Waals surface area contributed by atoms with Gasteiger partial charge in [0.15, 0.2) is 5.78 Å². The second-order valence-electron chi connectivity index (χ2n) is 4.47. The number of amides is 1. The first-order valence-electron chi connectivity index (χ1n) is 6.50. The van der Waals surface area contributed by atoms with Crippen molar-refractivity contribution >= 4 is 23.5 Å². The second-order valence-corrected chi connectivity index (χ2v) is 4.47. The molecule has 0 aliphatic carbocycles. The van der Waals surface area contributed by atoms with Crippen LogP contribution in [0.3, 0.4) is 0 Å². The minimum Gasteiger partial charge on any atom is -0.505 e. The molecule has 0 aliphatic rings. The number of aromatic nitrogens is 1. The third kappa shape index (κ3) is 4.14. The van der Waals surface area contributed by atoms with Crippen molar-refractivity contribution in [3.63, 3.8) is 0 Å². The first kappa shape index (κ1) is 15.2. The molecule has 5 heteroatoms. The highest BCUT2D eigenvalue weighted by Gasteiger charge is 2.03. The average molecular weight is 294 g/mol. The summed E-state index contributed by atoms with van der Waals surface area (Å²) in [4.78, 5) is 26.6. The molecule has 0 bridgehead atoms. The Morgan fingerprint density at radius 1 is 1.09 bits per heavy atom. The molecule has 0 saturated heterocycles. The maximum Gasteiger partial charge on any atom is 0.245 e. The van der Waals surface area contributed by atoms with Gasteiger partial charge in [-0.25, -0.2) is 0 Å². The normalized spacial score (nSPS) is 11.5. The van der Waals surface area contributed by atoms with Gasteiger partial charge < -0.3 is 10.8 Å². The van der Waals surface area contributed by atoms with Crippen molar-refractivity contribution in [2.75, 3.05) is 0 Å². The second kappa shape index (κ2) is 6.99. The van der Waals surface area contributed by atoms with Gasteiger partial charge in [-0.05, 0) is 23.8 Å². The lowest BCUT2D eigenvalue weighted by Crippen LogP contribution is -2.07. The number of hydrogen-bond acceptors (Lipinski definition) is 4. The van der Waals surface area contributed by atoms with E-state index in [9.17, 15) is 14.7 Å². The van der Waals surface area contributed by atoms with Crippen LogP contribution in [-0.2, 0) is 4.79 Å². The molecule has 3 N–H and O–H groups in total. The molecule has 2 rings (SSSR count). The van der Waals surface area contributed by atoms with E-state index in [4.69, 9.17) is 5.73 Å². The number of pyridine rings is 1. The molecule has 1 aromatic carbocycles. The number of allylic oxidation sites excluding steroid dienone is 1. The molecular weight excluding hydrogens is 280 g/mol. The van der Waals surface area contributed by atoms with E-state index in [0.29, 0.717) is 11.1 Å². The zero-order valence-corrected chi connectivity index (χ0v) is 11.6. The van der Waals surface area contributed by atoms with Crippen LogP contribution in [0, 0.1) is 0 Å². The van der Waals surface area contributed by atoms with Gasteiger partial charge in [0.05, 0.1) is 0 Å². The van der Waals surface area contributed by atoms with E-state index in [2.05, 4.69) is 4.98 Å². The van der Waals surface area contributed by atoms with Crippen LogP contribution in [0.5, 0.6) is 0 Å². The zero-order valence-electron chi connectivity index (χ0n) is 11.6. The van der Waals surface area contributed by atoms with Gasteiger partial charge in [0.2, 0.25) is 5.91 Å². The molecule has 0 spiro atoms. The van der Waals surface area contributed by atoms with Crippen molar-refractivity contribution in [3.8, 4) is 0 Å². The van der Waals surface area contributed by atoms with Crippen LogP contribution in [0.1, 0.15) is 21.6 Å². The summed E-state index contributed by atoms with van der Waals surface area (Å²) in [5.41, 5.74) is 6.47. The summed E-state index contributed by atoms with van der Waals surface area (Å²) in [5, 5.41) is 9.57. The highest BCUT2D eigenvalue weighted by atomic mass is 16.3. The summed E-state index contributed by atoms with van der Waals surface area (Å²) >= 11 is 0. The number of aliphatic hydroxyl groups excluding tert-OH is 1. The van der Waals surface area contributed by atoms with Gasteiger partial charge >= 0.3 is 0 Å². The number of ketones is 1. The van der Waals surface area contributed by atoms with E-state index in [-0.39, 0.29) is 17.2 Å². The lowest BCUT2D eigenvalue weighted by molar-refractivity contribution is -0.113. The van der Waals surface area contributed by atoms with Crippen LogP contribution in [-0.4, -0.2) is 21.8 Å². The van der Waals surface area contributed by atoms with Crippen LogP contribution >= 0.6 is 0 Å². The van der Waals surface area contributed by atoms with Gasteiger partial charge in [-0.15, -0.1) is 0 Å². The van der Waals surface area contributed by atoms with Gasteiger partial charge in [-0.3, -0.25) is 14.6 Å². The molecule has 1 amide bonds. The summed E-state index contributed by atoms with van der Waals surface area (Å²) in [6.07, 6.45) is 5.44. The Morgan fingerprint density at radius 2 is 1.82 bits per heavy atom. The Labute approximate surface area is 127 Å². The Bertz CT molecular complexity index is 732. The SMILES string of the molecule is NC(=O)C=C(O)c1ccc(C=CC(=O)c2ccccc2)cn1. The number of rotatable bonds is 5. The molecule has 5 nitrogen and oxygen atoms in total. The van der Waals surface area contributed by atoms with Crippen molar-refractivity contribution in [1.29, 1.82) is 0 Å². The van der Waals surface area contributed by atoms with E-state index in [0.717, 1.165) is 6.08 Å². The summed E-state index contributed by atoms with van der Waals surface area (Å²) < 4.78 is 0. The minimum absolute atomic E-state index is 0.110. The smallest absolute Gasteiger partial charge is 0.245 e. The summed E-state index contributed by atoms with van der Waals surface area (Å²) in [6, 6.07) is 12.1. The maximum absolute atomic E-state index is 11.9. The van der Waals surface area contributed by atoms with E-state index >= 15 is 0 Å². The van der Waals surface area contributed by atoms with E-state index in [1.165, 1.54) is 18.3 Å². The molecule has 0 radical (unpaired) electrons. The number of hydrogen-bond donors (Lipinski definition) is 2. The number of aliphatic hydroxyl groups is 1. The fraction of sp³-hybridized carbons (Fsp3) is 0. The standard InChI is InChI=1S/C17H14N2O3/c18-17(22)10-16(21)14-8-6-12(11-19-14)7-9-15(20)13-4-2-1-3-5-13/h1-11,21H,(H2,18,22). The Hall–Kier alpha value is -3.21. The van der Waals surface area contributed by atoms with Crippen LogP contribution < -0.4 is 5.73 Å². The fourth-order valence-corrected chi connectivity index (χ4v) is 1.73. The number of carbonyl (C=O) groups excluding carboxylic acids is 2. The number of nitrogens with zero attached hydrogens (tertiary/aromatic N) is 1. The van der Waals surface area contributed by atoms with Gasteiger partial charge in [0.1, 0.15) is 11.5 Å². The predicted octanol–water partition coefficient (Wildman–Crippen LogP) is 2.36. The largest absolute Gasteiger partial charge is 0.505 e. The molecule has 1 aromatic heterocycles. The molecule has 0 fully saturated rings. The third-order valence-corrected chi connectivity index (χ3v) is 2.81. The quantitative estimate of drug-likeness (QED) is 0.503. The summed E-state index contributed by atoms with van der Waals surface area (Å²) in [7, 11) is 0. The van der Waals surface area contributed by atoms with Crippen molar-refractivity contribution in [2.24, 2.45) is 5.73 Å². The van der Waals surface area contributed by atoms with E-state index < -0.39 is 5.91 Å². The maximum atomic E-state index is 11.9. The molecule has 0 atom stereocenters. The molecule has 2 aromatic rings. The van der Waals surface area contributed by atoms with Gasteiger partial charge in [-0.2, -0.15) is 0 Å². The predicted molar refractivity (Wildman–Crippen MR) is 83.8 cm³/mol. The topological polar surface area (TPSA) is 93.3 Å². The zero-order chi connectivity index (χ0) is 15.9. The molecule has 0 saturated carbocycles. The van der Waals surface area contributed by atoms with Crippen molar-refractivity contribution < 1.29 is 14.7 Å². The van der Waals surface area contributed by atoms with Crippen molar-refractivity contribution in [3.05, 3.63) is 77.6 Å². The Balaban J connectivity index is 2.10. The van der Waals surface area contributed by atoms with E-state index in [1.54, 1.807) is 36.4 Å². The van der Waals surface area contributed by atoms with Crippen LogP contribution in [0.25, 0.3) is 11.8 Å². The van der Waals surface area contributed by atoms with Crippen LogP contribution in [0.15, 0.2) is 60.8 Å². The minimum atomic E-state index is -0.753. The molecule has 22 heavy (non-hydrogen) atoms. The van der Waals surface area contributed by atoms with Crippen LogP contribution in [0.4, 0.5) is 0 Å². The monoisotopic (exact) mass is 294 g/mol. The van der Waals surface area contributed by atoms with Gasteiger partial charge in [0, 0.05) is 17.8 Å². The molecule has 0 unspecified atom stereocenters. The molecule has 110 valence electrons. The molecule has 0 aliphatic heterocycles. The number of benzene rings is 1. The summed E-state index contributed by atoms with van der Waals surface area (Å²) in [5.74, 6) is -1.17. The fourth-order valence-electron chi connectivity index (χ4n) is 1.73. The Morgan fingerprint density at radius 3 is 2.41 bits per heavy atom. The third-order valence-electron chi connectivity index (χ3n) is 2.81. The van der Waals surface area contributed by atoms with Gasteiger partial charge in [0.25, 0.3) is 0 Å². The van der Waals surface area contributed by atoms with Gasteiger partial charge in [-0.1, -0.05) is 36.4 Å². The highest BCUT2D eigenvalue weighted by molar-refractivity contribution is 6.06. The molecule has 1 heterocycles. The lowest BCUT2D eigenvalue weighted by atomic mass is 10.1. The number of primary amides is 1. The Kier molecular flexibility index (Phi) is 4.82. The van der Waals surface area contributed by atoms with Crippen molar-refractivity contribution in [1.82, 2.24) is 4.98 Å². The number of carbonyl (C=O) groups is 2. The number of nitrogens with two attached hydrogens (primary N) is 1. The lowest BCUT2D eigenvalue weighted by Gasteiger charge is -1.99. The summed E-state index contributed by atoms with van der Waals surface area (Å²) in [6.45, 7) is 0. The first-order valence-corrected chi connectivity index (χ1v) is 6.50. The van der Waals surface area contributed by atoms with E-state index in [1.807, 2.05) is 6.07 Å². The molecular formula is C17H14N2O3.